The van der Waals surface area contributed by atoms with E-state index in [9.17, 15) is 34.2 Å². The normalized spacial score (nSPS) is 33.5. The molecule has 10 unspecified atom stereocenters. The van der Waals surface area contributed by atoms with Gasteiger partial charge in [-0.15, -0.1) is 6.42 Å². The maximum absolute atomic E-state index is 12.7. The van der Waals surface area contributed by atoms with E-state index in [1.54, 1.807) is 0 Å². The third kappa shape index (κ3) is 8.34. The van der Waals surface area contributed by atoms with Gasteiger partial charge < -0.3 is 53.4 Å². The molecule has 0 aromatic rings. The quantitative estimate of drug-likeness (QED) is 0.137. The van der Waals surface area contributed by atoms with Crippen LogP contribution in [0.1, 0.15) is 27.7 Å². The molecule has 0 aromatic carbocycles. The van der Waals surface area contributed by atoms with Crippen LogP contribution in [0.4, 0.5) is 0 Å². The number of esters is 4. The van der Waals surface area contributed by atoms with Crippen LogP contribution in [-0.4, -0.2) is 122 Å². The van der Waals surface area contributed by atoms with E-state index in [4.69, 9.17) is 44.3 Å². The number of nitrogens with one attached hydrogen (secondary N) is 1. The fourth-order valence-electron chi connectivity index (χ4n) is 4.23. The number of amides is 1. The summed E-state index contributed by atoms with van der Waals surface area (Å²) in [6.45, 7) is 3.20. The Morgan fingerprint density at radius 3 is 1.95 bits per heavy atom. The highest BCUT2D eigenvalue weighted by Crippen LogP contribution is 2.33. The van der Waals surface area contributed by atoms with Gasteiger partial charge in [-0.25, -0.2) is 4.79 Å². The molecule has 2 aliphatic rings. The van der Waals surface area contributed by atoms with Crippen LogP contribution in [0.2, 0.25) is 0 Å². The molecule has 0 bridgehead atoms. The molecule has 16 heteroatoms. The van der Waals surface area contributed by atoms with E-state index >= 15 is 0 Å². The molecule has 40 heavy (non-hydrogen) atoms. The average molecular weight is 576 g/mol. The van der Waals surface area contributed by atoms with Gasteiger partial charge in [0.2, 0.25) is 5.91 Å². The van der Waals surface area contributed by atoms with Crippen molar-refractivity contribution < 1.29 is 72.1 Å². The van der Waals surface area contributed by atoms with E-state index in [1.165, 1.54) is 0 Å². The minimum Gasteiger partial charge on any atom is -0.467 e. The van der Waals surface area contributed by atoms with Crippen molar-refractivity contribution in [1.82, 2.24) is 5.32 Å². The number of methoxy groups -OCH3 is 1. The molecule has 224 valence electrons. The van der Waals surface area contributed by atoms with Crippen molar-refractivity contribution >= 4 is 29.8 Å². The first-order chi connectivity index (χ1) is 18.8. The molecule has 1 amide bonds. The van der Waals surface area contributed by atoms with Gasteiger partial charge in [0.15, 0.2) is 37.0 Å². The van der Waals surface area contributed by atoms with Crippen molar-refractivity contribution in [2.75, 3.05) is 20.3 Å². The van der Waals surface area contributed by atoms with E-state index in [0.29, 0.717) is 0 Å². The van der Waals surface area contributed by atoms with Crippen LogP contribution < -0.4 is 5.32 Å². The van der Waals surface area contributed by atoms with Crippen LogP contribution in [0.25, 0.3) is 0 Å². The molecule has 3 N–H and O–H groups in total. The summed E-state index contributed by atoms with van der Waals surface area (Å²) in [5.74, 6) is -2.17. The lowest BCUT2D eigenvalue weighted by Gasteiger charge is -2.48. The Hall–Kier alpha value is -3.33. The fourth-order valence-corrected chi connectivity index (χ4v) is 4.23. The summed E-state index contributed by atoms with van der Waals surface area (Å²) in [5, 5.41) is 23.3. The lowest BCUT2D eigenvalue weighted by Crippen LogP contribution is -2.69. The molecular formula is C24H33NO15. The fraction of sp³-hybridized carbons (Fsp3) is 0.708. The Kier molecular flexibility index (Phi) is 12.2. The molecule has 0 aliphatic carbocycles. The van der Waals surface area contributed by atoms with Crippen molar-refractivity contribution in [3.05, 3.63) is 0 Å². The number of ether oxygens (including phenoxy) is 8. The van der Waals surface area contributed by atoms with Crippen LogP contribution in [0.15, 0.2) is 0 Å². The standard InChI is InChI=1S/C24H33NO15/c1-7-8-34-23-15(25-10(2)27)17(16(31)14(9-26)38-23)39-24-21(37-13(5)30)19(36-12(4)29)18(35-11(3)28)20(40-24)22(32)33-6/h1,14-21,23-24,26,31H,8-9H2,2-6H3,(H,25,27). The van der Waals surface area contributed by atoms with Crippen molar-refractivity contribution in [2.45, 2.75) is 89.0 Å². The average Bonchev–Trinajstić information content (AvgIpc) is 2.87. The molecule has 2 heterocycles. The monoisotopic (exact) mass is 575 g/mol. The Labute approximate surface area is 229 Å². The number of aliphatic hydroxyl groups excluding tert-OH is 2. The van der Waals surface area contributed by atoms with Crippen molar-refractivity contribution in [3.8, 4) is 12.3 Å². The zero-order chi connectivity index (χ0) is 30.1. The number of hydrogen-bond donors (Lipinski definition) is 3. The van der Waals surface area contributed by atoms with Crippen LogP contribution in [0, 0.1) is 12.3 Å². The Bertz CT molecular complexity index is 980. The molecule has 2 rings (SSSR count). The van der Waals surface area contributed by atoms with Gasteiger partial charge in [-0.3, -0.25) is 19.2 Å². The summed E-state index contributed by atoms with van der Waals surface area (Å²) in [6, 6.07) is -1.29. The van der Waals surface area contributed by atoms with Gasteiger partial charge >= 0.3 is 23.9 Å². The van der Waals surface area contributed by atoms with Gasteiger partial charge in [0.1, 0.15) is 31.0 Å². The van der Waals surface area contributed by atoms with Crippen molar-refractivity contribution in [2.24, 2.45) is 0 Å². The van der Waals surface area contributed by atoms with Crippen molar-refractivity contribution in [1.29, 1.82) is 0 Å². The zero-order valence-corrected chi connectivity index (χ0v) is 22.5. The first-order valence-electron chi connectivity index (χ1n) is 12.0. The molecule has 2 saturated heterocycles. The summed E-state index contributed by atoms with van der Waals surface area (Å²) >= 11 is 0. The van der Waals surface area contributed by atoms with Gasteiger partial charge in [0.25, 0.3) is 0 Å². The minimum atomic E-state index is -1.81. The Morgan fingerprint density at radius 2 is 1.45 bits per heavy atom. The minimum absolute atomic E-state index is 0.291. The predicted octanol–water partition coefficient (Wildman–Crippen LogP) is -2.70. The second kappa shape index (κ2) is 14.9. The maximum atomic E-state index is 12.7. The smallest absolute Gasteiger partial charge is 0.339 e. The predicted molar refractivity (Wildman–Crippen MR) is 126 cm³/mol. The van der Waals surface area contributed by atoms with Gasteiger partial charge in [0, 0.05) is 27.7 Å². The second-order valence-electron chi connectivity index (χ2n) is 8.73. The number of carbonyl (C=O) groups excluding carboxylic acids is 5. The van der Waals surface area contributed by atoms with Gasteiger partial charge in [-0.1, -0.05) is 5.92 Å². The summed E-state index contributed by atoms with van der Waals surface area (Å²) in [5.41, 5.74) is 0. The number of rotatable bonds is 10. The maximum Gasteiger partial charge on any atom is 0.339 e. The van der Waals surface area contributed by atoms with Crippen LogP contribution >= 0.6 is 0 Å². The highest BCUT2D eigenvalue weighted by atomic mass is 16.8. The van der Waals surface area contributed by atoms with Gasteiger partial charge in [0.05, 0.1) is 13.7 Å². The molecule has 0 aromatic heterocycles. The molecule has 0 saturated carbocycles. The number of carbonyl (C=O) groups is 5. The molecule has 16 nitrogen and oxygen atoms in total. The number of hydrogen-bond acceptors (Lipinski definition) is 15. The van der Waals surface area contributed by atoms with E-state index < -0.39 is 97.7 Å². The SMILES string of the molecule is C#CCOC1OC(CO)C(O)C(OC2OC(C(=O)OC)C(OC(C)=O)C(OC(C)=O)C2OC(C)=O)C1NC(C)=O. The molecule has 0 radical (unpaired) electrons. The van der Waals surface area contributed by atoms with E-state index in [-0.39, 0.29) is 6.61 Å². The Balaban J connectivity index is 2.60. The lowest BCUT2D eigenvalue weighted by molar-refractivity contribution is -0.341. The summed E-state index contributed by atoms with van der Waals surface area (Å²) in [4.78, 5) is 60.6. The highest BCUT2D eigenvalue weighted by Gasteiger charge is 2.57. The largest absolute Gasteiger partial charge is 0.467 e. The highest BCUT2D eigenvalue weighted by molar-refractivity contribution is 5.77. The van der Waals surface area contributed by atoms with Gasteiger partial charge in [-0.2, -0.15) is 0 Å². The lowest BCUT2D eigenvalue weighted by atomic mass is 9.95. The van der Waals surface area contributed by atoms with E-state index in [0.717, 1.165) is 34.8 Å². The van der Waals surface area contributed by atoms with E-state index in [2.05, 4.69) is 11.2 Å². The molecule has 2 aliphatic heterocycles. The third-order valence-electron chi connectivity index (χ3n) is 5.68. The van der Waals surface area contributed by atoms with Gasteiger partial charge in [-0.05, 0) is 0 Å². The molecular weight excluding hydrogens is 542 g/mol. The Morgan fingerprint density at radius 1 is 0.875 bits per heavy atom. The topological polar surface area (TPSA) is 212 Å². The third-order valence-corrected chi connectivity index (χ3v) is 5.68. The van der Waals surface area contributed by atoms with E-state index in [1.807, 2.05) is 0 Å². The number of aliphatic hydroxyl groups is 2. The van der Waals surface area contributed by atoms with Crippen LogP contribution in [0.5, 0.6) is 0 Å². The molecule has 10 atom stereocenters. The zero-order valence-electron chi connectivity index (χ0n) is 22.5. The second-order valence-corrected chi connectivity index (χ2v) is 8.73. The van der Waals surface area contributed by atoms with Crippen LogP contribution in [0.3, 0.4) is 0 Å². The molecule has 2 fully saturated rings. The number of terminal acetylenes is 1. The summed E-state index contributed by atoms with van der Waals surface area (Å²) < 4.78 is 43.2. The van der Waals surface area contributed by atoms with Crippen molar-refractivity contribution in [3.63, 3.8) is 0 Å². The first kappa shape index (κ1) is 32.9. The summed E-state index contributed by atoms with van der Waals surface area (Å²) in [7, 11) is 1.01. The first-order valence-corrected chi connectivity index (χ1v) is 12.0. The van der Waals surface area contributed by atoms with Crippen LogP contribution in [-0.2, 0) is 61.9 Å². The molecule has 0 spiro atoms. The summed E-state index contributed by atoms with van der Waals surface area (Å²) in [6.07, 6.45) is -9.18.